The van der Waals surface area contributed by atoms with Crippen LogP contribution in [-0.4, -0.2) is 44.2 Å². The zero-order valence-corrected chi connectivity index (χ0v) is 17.9. The third kappa shape index (κ3) is 7.15. The van der Waals surface area contributed by atoms with Gasteiger partial charge in [0.25, 0.3) is 5.91 Å². The largest absolute Gasteiger partial charge is 0.490 e. The fourth-order valence-corrected chi connectivity index (χ4v) is 3.34. The van der Waals surface area contributed by atoms with Crippen LogP contribution in [0.15, 0.2) is 67.0 Å². The fourth-order valence-electron chi connectivity index (χ4n) is 3.34. The fraction of sp³-hybridized carbons (Fsp3) is 0.261. The predicted octanol–water partition coefficient (Wildman–Crippen LogP) is 3.33. The smallest absolute Gasteiger partial charge is 0.475 e. The Kier molecular flexibility index (Phi) is 8.03. The second-order valence-corrected chi connectivity index (χ2v) is 7.73. The molecule has 1 heterocycles. The molecule has 1 aromatic heterocycles. The molecule has 3 aromatic rings. The van der Waals surface area contributed by atoms with Crippen molar-refractivity contribution in [2.24, 2.45) is 0 Å². The monoisotopic (exact) mass is 476 g/mol. The summed E-state index contributed by atoms with van der Waals surface area (Å²) in [5.41, 5.74) is 5.66. The molecule has 0 saturated heterocycles. The zero-order chi connectivity index (χ0) is 24.7. The summed E-state index contributed by atoms with van der Waals surface area (Å²) in [7, 11) is 0. The highest BCUT2D eigenvalue weighted by Gasteiger charge is 2.38. The van der Waals surface area contributed by atoms with E-state index in [9.17, 15) is 18.0 Å². The highest BCUT2D eigenvalue weighted by atomic mass is 19.4. The number of nitrogens with one attached hydrogen (secondary N) is 2. The molecular weight excluding hydrogens is 453 g/mol. The molecule has 0 bridgehead atoms. The molecule has 1 aliphatic rings. The van der Waals surface area contributed by atoms with Crippen LogP contribution in [0.3, 0.4) is 0 Å². The standard InChI is InChI=1S/C21H22N4O2.C2HF3O2/c26-21(24-27)18-8-6-15(7-9-18)13-25-14-16(12-23-25)11-22-20-10-19(20)17-4-2-1-3-5-17;3-2(4,5)1(6)7/h1-9,12,14,19-20,22,27H,10-11,13H2,(H,24,26);(H,6,7). The van der Waals surface area contributed by atoms with Gasteiger partial charge in [0.1, 0.15) is 0 Å². The number of rotatable bonds is 7. The molecule has 2 atom stereocenters. The summed E-state index contributed by atoms with van der Waals surface area (Å²) < 4.78 is 33.6. The molecule has 4 rings (SSSR count). The van der Waals surface area contributed by atoms with Crippen molar-refractivity contribution in [3.05, 3.63) is 89.2 Å². The first kappa shape index (κ1) is 24.9. The molecule has 4 N–H and O–H groups in total. The lowest BCUT2D eigenvalue weighted by atomic mass is 10.1. The summed E-state index contributed by atoms with van der Waals surface area (Å²) in [6, 6.07) is 18.3. The molecular formula is C23H23F3N4O4. The molecule has 2 unspecified atom stereocenters. The van der Waals surface area contributed by atoms with Crippen LogP contribution in [0.25, 0.3) is 0 Å². The van der Waals surface area contributed by atoms with Gasteiger partial charge in [0.2, 0.25) is 0 Å². The highest BCUT2D eigenvalue weighted by molar-refractivity contribution is 5.93. The quantitative estimate of drug-likeness (QED) is 0.307. The molecule has 1 aliphatic carbocycles. The van der Waals surface area contributed by atoms with E-state index in [-0.39, 0.29) is 0 Å². The van der Waals surface area contributed by atoms with E-state index in [1.54, 1.807) is 17.6 Å². The molecule has 11 heteroatoms. The van der Waals surface area contributed by atoms with Crippen LogP contribution < -0.4 is 10.8 Å². The van der Waals surface area contributed by atoms with Gasteiger partial charge in [-0.3, -0.25) is 14.7 Å². The van der Waals surface area contributed by atoms with E-state index < -0.39 is 18.1 Å². The third-order valence-corrected chi connectivity index (χ3v) is 5.18. The Balaban J connectivity index is 0.000000406. The molecule has 1 fully saturated rings. The topological polar surface area (TPSA) is 116 Å². The van der Waals surface area contributed by atoms with Crippen molar-refractivity contribution < 1.29 is 33.1 Å². The number of carbonyl (C=O) groups excluding carboxylic acids is 1. The normalized spacial score (nSPS) is 16.8. The van der Waals surface area contributed by atoms with Gasteiger partial charge in [-0.25, -0.2) is 10.3 Å². The van der Waals surface area contributed by atoms with E-state index >= 15 is 0 Å². The number of aliphatic carboxylic acids is 1. The molecule has 8 nitrogen and oxygen atoms in total. The molecule has 180 valence electrons. The van der Waals surface area contributed by atoms with Crippen LogP contribution >= 0.6 is 0 Å². The van der Waals surface area contributed by atoms with Crippen LogP contribution in [0, 0.1) is 0 Å². The van der Waals surface area contributed by atoms with Crippen LogP contribution in [-0.2, 0) is 17.9 Å². The number of hydrogen-bond acceptors (Lipinski definition) is 5. The Morgan fingerprint density at radius 3 is 2.29 bits per heavy atom. The second kappa shape index (κ2) is 10.9. The second-order valence-electron chi connectivity index (χ2n) is 7.73. The predicted molar refractivity (Wildman–Crippen MR) is 115 cm³/mol. The van der Waals surface area contributed by atoms with Gasteiger partial charge in [-0.15, -0.1) is 0 Å². The summed E-state index contributed by atoms with van der Waals surface area (Å²) >= 11 is 0. The minimum absolute atomic E-state index is 0.420. The maximum atomic E-state index is 11.3. The number of carboxylic acids is 1. The van der Waals surface area contributed by atoms with Gasteiger partial charge in [0.15, 0.2) is 0 Å². The number of hydrogen-bond donors (Lipinski definition) is 4. The van der Waals surface area contributed by atoms with Crippen LogP contribution in [0.1, 0.15) is 39.4 Å². The van der Waals surface area contributed by atoms with Crippen molar-refractivity contribution >= 4 is 11.9 Å². The Morgan fingerprint density at radius 1 is 1.06 bits per heavy atom. The molecule has 1 amide bonds. The first-order valence-corrected chi connectivity index (χ1v) is 10.3. The van der Waals surface area contributed by atoms with Gasteiger partial charge in [-0.2, -0.15) is 18.3 Å². The van der Waals surface area contributed by atoms with E-state index in [2.05, 4.69) is 40.7 Å². The number of halogens is 3. The van der Waals surface area contributed by atoms with Gasteiger partial charge < -0.3 is 10.4 Å². The van der Waals surface area contributed by atoms with Gasteiger partial charge in [-0.05, 0) is 29.7 Å². The zero-order valence-electron chi connectivity index (χ0n) is 17.9. The Hall–Kier alpha value is -3.70. The minimum Gasteiger partial charge on any atom is -0.475 e. The summed E-state index contributed by atoms with van der Waals surface area (Å²) in [6.45, 7) is 1.45. The van der Waals surface area contributed by atoms with E-state index in [1.165, 1.54) is 12.0 Å². The molecule has 0 aliphatic heterocycles. The lowest BCUT2D eigenvalue weighted by Gasteiger charge is -2.04. The van der Waals surface area contributed by atoms with E-state index in [4.69, 9.17) is 15.1 Å². The van der Waals surface area contributed by atoms with Crippen LogP contribution in [0.5, 0.6) is 0 Å². The molecule has 34 heavy (non-hydrogen) atoms. The van der Waals surface area contributed by atoms with Crippen LogP contribution in [0.2, 0.25) is 0 Å². The van der Waals surface area contributed by atoms with Crippen molar-refractivity contribution in [1.29, 1.82) is 0 Å². The van der Waals surface area contributed by atoms with Crippen molar-refractivity contribution in [2.75, 3.05) is 0 Å². The Morgan fingerprint density at radius 2 is 1.71 bits per heavy atom. The average molecular weight is 476 g/mol. The number of amides is 1. The number of aromatic nitrogens is 2. The average Bonchev–Trinajstić information content (AvgIpc) is 3.47. The lowest BCUT2D eigenvalue weighted by Crippen LogP contribution is -2.21. The number of benzene rings is 2. The van der Waals surface area contributed by atoms with Crippen molar-refractivity contribution in [1.82, 2.24) is 20.6 Å². The number of carboxylic acid groups (broad SMARTS) is 1. The third-order valence-electron chi connectivity index (χ3n) is 5.18. The van der Waals surface area contributed by atoms with E-state index in [1.807, 2.05) is 29.2 Å². The summed E-state index contributed by atoms with van der Waals surface area (Å²) in [5.74, 6) is -2.65. The molecule has 0 radical (unpaired) electrons. The highest BCUT2D eigenvalue weighted by Crippen LogP contribution is 2.40. The maximum absolute atomic E-state index is 11.3. The van der Waals surface area contributed by atoms with Crippen molar-refractivity contribution in [3.63, 3.8) is 0 Å². The summed E-state index contributed by atoms with van der Waals surface area (Å²) in [5, 5.41) is 23.8. The van der Waals surface area contributed by atoms with Gasteiger partial charge in [0.05, 0.1) is 12.7 Å². The number of carbonyl (C=O) groups is 2. The molecule has 0 spiro atoms. The maximum Gasteiger partial charge on any atom is 0.490 e. The first-order valence-electron chi connectivity index (χ1n) is 10.3. The number of nitrogens with zero attached hydrogens (tertiary/aromatic N) is 2. The molecule has 2 aromatic carbocycles. The summed E-state index contributed by atoms with van der Waals surface area (Å²) in [6.07, 6.45) is 0.0354. The van der Waals surface area contributed by atoms with Crippen LogP contribution in [0.4, 0.5) is 13.2 Å². The van der Waals surface area contributed by atoms with Gasteiger partial charge in [-0.1, -0.05) is 42.5 Å². The first-order chi connectivity index (χ1) is 16.2. The molecule has 1 saturated carbocycles. The summed E-state index contributed by atoms with van der Waals surface area (Å²) in [4.78, 5) is 20.2. The Bertz CT molecular complexity index is 1100. The Labute approximate surface area is 193 Å². The minimum atomic E-state index is -5.08. The SMILES string of the molecule is O=C(NO)c1ccc(Cn2cc(CNC3CC3c3ccccc3)cn2)cc1.O=C(O)C(F)(F)F. The van der Waals surface area contributed by atoms with Gasteiger partial charge >= 0.3 is 12.1 Å². The number of hydroxylamine groups is 1. The van der Waals surface area contributed by atoms with Crippen molar-refractivity contribution in [2.45, 2.75) is 37.6 Å². The van der Waals surface area contributed by atoms with E-state index in [0.29, 0.717) is 24.1 Å². The van der Waals surface area contributed by atoms with Gasteiger partial charge in [0, 0.05) is 35.8 Å². The van der Waals surface area contributed by atoms with E-state index in [0.717, 1.165) is 17.7 Å². The van der Waals surface area contributed by atoms with Crippen molar-refractivity contribution in [3.8, 4) is 0 Å². The lowest BCUT2D eigenvalue weighted by molar-refractivity contribution is -0.192. The number of alkyl halides is 3.